The van der Waals surface area contributed by atoms with Crippen molar-refractivity contribution < 1.29 is 38.8 Å². The van der Waals surface area contributed by atoms with E-state index in [-0.39, 0.29) is 50.1 Å². The molecule has 3 aliphatic rings. The molecule has 0 bridgehead atoms. The van der Waals surface area contributed by atoms with Gasteiger partial charge in [0.15, 0.2) is 0 Å². The first-order valence-corrected chi connectivity index (χ1v) is 19.5. The zero-order chi connectivity index (χ0) is 37.8. The van der Waals surface area contributed by atoms with Crippen LogP contribution < -0.4 is 9.47 Å². The number of ether oxygens (including phenoxy) is 4. The van der Waals surface area contributed by atoms with Gasteiger partial charge in [0.2, 0.25) is 5.79 Å². The van der Waals surface area contributed by atoms with Crippen molar-refractivity contribution in [2.45, 2.75) is 103 Å². The van der Waals surface area contributed by atoms with Crippen LogP contribution in [-0.4, -0.2) is 83.3 Å². The molecule has 1 amide bonds. The fraction of sp³-hybridized carbons (Fsp3) is 0.595. The predicted molar refractivity (Wildman–Crippen MR) is 204 cm³/mol. The van der Waals surface area contributed by atoms with Gasteiger partial charge in [-0.25, -0.2) is 4.79 Å². The van der Waals surface area contributed by atoms with Gasteiger partial charge in [-0.2, -0.15) is 0 Å². The molecule has 6 atom stereocenters. The lowest BCUT2D eigenvalue weighted by Crippen LogP contribution is -2.70. The maximum Gasteiger partial charge on any atom is 0.410 e. The molecule has 290 valence electrons. The number of carbonyl (C=O) groups is 1. The first-order chi connectivity index (χ1) is 25.8. The number of hydrogen-bond acceptors (Lipinski definition) is 10. The SMILES string of the molecule is C=CCO[C@@]12Oc3ccc(OCc4cccc(C)n4)cc3[C@H]3[C@H](CCCCO)[C@@H](CCCCO)C=C(C(=NOCC)C[C@@H]1N(CCC)C(=O)OCC)[C@H]32. The van der Waals surface area contributed by atoms with Gasteiger partial charge in [0.25, 0.3) is 0 Å². The van der Waals surface area contributed by atoms with Crippen molar-refractivity contribution in [1.82, 2.24) is 9.88 Å². The largest absolute Gasteiger partial charge is 0.487 e. The predicted octanol–water partition coefficient (Wildman–Crippen LogP) is 7.49. The number of unbranched alkanes of at least 4 members (excludes halogenated alkanes) is 2. The van der Waals surface area contributed by atoms with E-state index in [9.17, 15) is 15.0 Å². The lowest BCUT2D eigenvalue weighted by atomic mass is 9.55. The third kappa shape index (κ3) is 9.07. The van der Waals surface area contributed by atoms with E-state index in [1.54, 1.807) is 11.0 Å². The minimum Gasteiger partial charge on any atom is -0.487 e. The molecule has 53 heavy (non-hydrogen) atoms. The molecule has 2 N–H and O–H groups in total. The van der Waals surface area contributed by atoms with E-state index in [4.69, 9.17) is 28.9 Å². The maximum atomic E-state index is 13.8. The highest BCUT2D eigenvalue weighted by atomic mass is 16.7. The minimum atomic E-state index is -1.32. The number of oxime groups is 1. The van der Waals surface area contributed by atoms with Crippen molar-refractivity contribution >= 4 is 11.8 Å². The van der Waals surface area contributed by atoms with Crippen LogP contribution in [0.5, 0.6) is 11.5 Å². The Kier molecular flexibility index (Phi) is 14.7. The molecule has 1 aromatic heterocycles. The fourth-order valence-corrected chi connectivity index (χ4v) is 8.54. The number of rotatable bonds is 20. The number of allylic oxidation sites excluding steroid dienone is 1. The molecule has 0 saturated heterocycles. The Bertz CT molecular complexity index is 1580. The van der Waals surface area contributed by atoms with E-state index < -0.39 is 17.9 Å². The summed E-state index contributed by atoms with van der Waals surface area (Å²) in [6.45, 7) is 13.5. The van der Waals surface area contributed by atoms with Gasteiger partial charge in [-0.05, 0) is 101 Å². The average molecular weight is 734 g/mol. The van der Waals surface area contributed by atoms with Crippen molar-refractivity contribution in [1.29, 1.82) is 0 Å². The molecule has 2 heterocycles. The number of nitrogens with zero attached hydrogens (tertiary/aromatic N) is 3. The number of aliphatic hydroxyl groups excluding tert-OH is 2. The van der Waals surface area contributed by atoms with Gasteiger partial charge in [0.05, 0.1) is 30.5 Å². The van der Waals surface area contributed by atoms with Gasteiger partial charge < -0.3 is 34.0 Å². The van der Waals surface area contributed by atoms with Gasteiger partial charge in [-0.15, -0.1) is 6.58 Å². The van der Waals surface area contributed by atoms with E-state index in [2.05, 4.69) is 23.7 Å². The van der Waals surface area contributed by atoms with E-state index >= 15 is 0 Å². The lowest BCUT2D eigenvalue weighted by Gasteiger charge is -2.59. The van der Waals surface area contributed by atoms with Crippen molar-refractivity contribution in [2.24, 2.45) is 22.9 Å². The van der Waals surface area contributed by atoms with Gasteiger partial charge in [0.1, 0.15) is 30.8 Å². The number of aromatic nitrogens is 1. The summed E-state index contributed by atoms with van der Waals surface area (Å²) in [5, 5.41) is 24.4. The van der Waals surface area contributed by atoms with Crippen molar-refractivity contribution in [3.05, 3.63) is 77.7 Å². The van der Waals surface area contributed by atoms with Crippen LogP contribution >= 0.6 is 0 Å². The molecule has 2 aromatic rings. The van der Waals surface area contributed by atoms with Crippen LogP contribution in [-0.2, 0) is 20.9 Å². The third-order valence-corrected chi connectivity index (χ3v) is 10.6. The van der Waals surface area contributed by atoms with E-state index in [0.717, 1.165) is 53.9 Å². The molecule has 1 aliphatic heterocycles. The summed E-state index contributed by atoms with van der Waals surface area (Å²) in [5.74, 6) is -0.205. The van der Waals surface area contributed by atoms with Gasteiger partial charge in [0, 0.05) is 43.4 Å². The Morgan fingerprint density at radius 2 is 1.89 bits per heavy atom. The summed E-state index contributed by atoms with van der Waals surface area (Å²) >= 11 is 0. The van der Waals surface area contributed by atoms with Crippen molar-refractivity contribution in [3.8, 4) is 11.5 Å². The Morgan fingerprint density at radius 1 is 1.09 bits per heavy atom. The summed E-state index contributed by atoms with van der Waals surface area (Å²) in [6, 6.07) is 11.3. The second kappa shape index (κ2) is 19.4. The molecule has 0 unspecified atom stereocenters. The molecule has 0 spiro atoms. The maximum absolute atomic E-state index is 13.8. The van der Waals surface area contributed by atoms with E-state index in [0.29, 0.717) is 56.9 Å². The molecule has 1 fully saturated rings. The monoisotopic (exact) mass is 733 g/mol. The zero-order valence-corrected chi connectivity index (χ0v) is 32.0. The molecule has 1 aromatic carbocycles. The second-order valence-electron chi connectivity index (χ2n) is 14.1. The van der Waals surface area contributed by atoms with E-state index in [1.807, 2.05) is 58.0 Å². The summed E-state index contributed by atoms with van der Waals surface area (Å²) in [5.41, 5.74) is 4.53. The summed E-state index contributed by atoms with van der Waals surface area (Å²) in [4.78, 5) is 26.0. The van der Waals surface area contributed by atoms with Crippen molar-refractivity contribution in [2.75, 3.05) is 39.6 Å². The number of hydrogen-bond donors (Lipinski definition) is 2. The summed E-state index contributed by atoms with van der Waals surface area (Å²) in [7, 11) is 0. The number of benzene rings is 1. The van der Waals surface area contributed by atoms with Crippen LogP contribution in [0.15, 0.2) is 65.9 Å². The van der Waals surface area contributed by atoms with Crippen LogP contribution in [0.3, 0.4) is 0 Å². The first kappa shape index (κ1) is 40.3. The van der Waals surface area contributed by atoms with Crippen molar-refractivity contribution in [3.63, 3.8) is 0 Å². The molecule has 11 heteroatoms. The molecular formula is C42H59N3O8. The Labute approximate surface area is 315 Å². The summed E-state index contributed by atoms with van der Waals surface area (Å²) < 4.78 is 26.2. The third-order valence-electron chi connectivity index (χ3n) is 10.6. The van der Waals surface area contributed by atoms with Crippen LogP contribution in [0.2, 0.25) is 0 Å². The number of pyridine rings is 1. The smallest absolute Gasteiger partial charge is 0.410 e. The Hall–Kier alpha value is -3.93. The molecule has 5 rings (SSSR count). The highest BCUT2D eigenvalue weighted by molar-refractivity contribution is 6.02. The Morgan fingerprint density at radius 3 is 2.58 bits per heavy atom. The fourth-order valence-electron chi connectivity index (χ4n) is 8.54. The standard InChI is InChI=1S/C42H59N3O8/c1-6-21-45(41(48)49-8-3)38-27-36(44-52-9-4)34-25-30(16-10-12-22-46)33(18-11-13-23-47)39-35-26-32(50-28-31-17-14-15-29(5)43-31)19-20-37(35)53-42(38,40(34)39)51-24-7-2/h7,14-15,17,19-20,25-26,30,33,38-40,46-47H,2,6,8-13,16,18,21-24,27-28H2,1,3-5H3/t30-,33+,38-,39+,40+,42+/m0/s1. The number of aliphatic hydroxyl groups is 2. The van der Waals surface area contributed by atoms with Crippen LogP contribution in [0, 0.1) is 24.7 Å². The molecule has 11 nitrogen and oxygen atoms in total. The number of amides is 1. The van der Waals surface area contributed by atoms with Gasteiger partial charge in [-0.3, -0.25) is 9.88 Å². The Balaban J connectivity index is 1.74. The topological polar surface area (TPSA) is 132 Å². The highest BCUT2D eigenvalue weighted by Gasteiger charge is 2.65. The molecule has 0 radical (unpaired) electrons. The first-order valence-electron chi connectivity index (χ1n) is 19.5. The van der Waals surface area contributed by atoms with Crippen LogP contribution in [0.25, 0.3) is 0 Å². The van der Waals surface area contributed by atoms with Crippen LogP contribution in [0.1, 0.15) is 95.0 Å². The average Bonchev–Trinajstić information content (AvgIpc) is 3.16. The lowest BCUT2D eigenvalue weighted by molar-refractivity contribution is -0.255. The quantitative estimate of drug-likeness (QED) is 0.0807. The summed E-state index contributed by atoms with van der Waals surface area (Å²) in [6.07, 6.45) is 9.49. The number of aryl methyl sites for hydroxylation is 1. The molecular weight excluding hydrogens is 674 g/mol. The van der Waals surface area contributed by atoms with E-state index in [1.165, 1.54) is 0 Å². The van der Waals surface area contributed by atoms with Gasteiger partial charge in [-0.1, -0.05) is 43.1 Å². The highest BCUT2D eigenvalue weighted by Crippen LogP contribution is 2.62. The minimum absolute atomic E-state index is 0.117. The second-order valence-corrected chi connectivity index (χ2v) is 14.1. The van der Waals surface area contributed by atoms with Crippen LogP contribution in [0.4, 0.5) is 4.79 Å². The number of carbonyl (C=O) groups excluding carboxylic acids is 1. The molecule has 2 aliphatic carbocycles. The normalized spacial score (nSPS) is 25.1. The van der Waals surface area contributed by atoms with Gasteiger partial charge >= 0.3 is 6.09 Å². The molecule has 1 saturated carbocycles. The number of fused-ring (bicyclic) bond motifs is 2. The zero-order valence-electron chi connectivity index (χ0n) is 32.0.